The average Bonchev–Trinajstić information content (AvgIpc) is 2.19. The predicted octanol–water partition coefficient (Wildman–Crippen LogP) is 2.34. The maximum absolute atomic E-state index is 9.81. The topological polar surface area (TPSA) is 51.2 Å². The van der Waals surface area contributed by atoms with Gasteiger partial charge in [0.05, 0.1) is 5.78 Å². The Morgan fingerprint density at radius 3 is 1.24 bits per heavy atom. The van der Waals surface area contributed by atoms with E-state index in [-0.39, 0.29) is 82.8 Å². The van der Waals surface area contributed by atoms with Crippen LogP contribution in [0.3, 0.4) is 0 Å². The van der Waals surface area contributed by atoms with Crippen LogP contribution in [0.25, 0.3) is 0 Å². The van der Waals surface area contributed by atoms with E-state index in [0.29, 0.717) is 12.8 Å². The van der Waals surface area contributed by atoms with E-state index >= 15 is 0 Å². The first-order chi connectivity index (χ1) is 6.81. The van der Waals surface area contributed by atoms with Crippen LogP contribution < -0.4 is 0 Å². The van der Waals surface area contributed by atoms with Crippen LogP contribution in [0.5, 0.6) is 0 Å². The van der Waals surface area contributed by atoms with Crippen molar-refractivity contribution in [3.05, 3.63) is 19.6 Å². The van der Waals surface area contributed by atoms with E-state index in [1.54, 1.807) is 6.92 Å². The zero-order valence-corrected chi connectivity index (χ0v) is 16.8. The van der Waals surface area contributed by atoms with E-state index in [0.717, 1.165) is 6.08 Å². The summed E-state index contributed by atoms with van der Waals surface area (Å²) in [5.74, 6) is 0.306. The molecule has 0 saturated heterocycles. The molecule has 0 saturated carbocycles. The molecule has 0 bridgehead atoms. The normalized spacial score (nSPS) is 6.41. The Labute approximate surface area is 155 Å². The van der Waals surface area contributed by atoms with Gasteiger partial charge in [-0.1, -0.05) is 13.8 Å². The monoisotopic (exact) mass is 390 g/mol. The number of allylic oxidation sites excluding steroid dienone is 1. The van der Waals surface area contributed by atoms with E-state index in [4.69, 9.17) is 6.58 Å². The van der Waals surface area contributed by atoms with E-state index in [9.17, 15) is 14.4 Å². The van der Waals surface area contributed by atoms with Crippen molar-refractivity contribution in [2.75, 3.05) is 0 Å². The summed E-state index contributed by atoms with van der Waals surface area (Å²) in [7, 11) is 0. The molecule has 0 aromatic heterocycles. The number of rotatable bonds is 3. The number of hydrogen-bond acceptors (Lipinski definition) is 3. The summed E-state index contributed by atoms with van der Waals surface area (Å²) >= 11 is 0. The standard InChI is InChI=1S/C4H8O.C4H7O.C4H5O.2Y/c3*1-3-4(2)5;;/h3H2,1-2H3;1,3H2,2H3;1,3H,2H3;;/q;2*-1;;. The van der Waals surface area contributed by atoms with Gasteiger partial charge in [-0.05, 0) is 19.6 Å². The molecule has 17 heavy (non-hydrogen) atoms. The van der Waals surface area contributed by atoms with E-state index in [1.165, 1.54) is 13.8 Å². The van der Waals surface area contributed by atoms with Gasteiger partial charge in [0.1, 0.15) is 5.78 Å². The Balaban J connectivity index is -0.0000000400. The van der Waals surface area contributed by atoms with E-state index in [2.05, 4.69) is 6.92 Å². The maximum Gasteiger partial charge on any atom is 0.129 e. The van der Waals surface area contributed by atoms with Gasteiger partial charge in [-0.25, -0.2) is 6.08 Å². The van der Waals surface area contributed by atoms with E-state index < -0.39 is 0 Å². The number of carbonyl (C=O) groups is 3. The van der Waals surface area contributed by atoms with Gasteiger partial charge in [0, 0.05) is 71.8 Å². The second-order valence-electron chi connectivity index (χ2n) is 2.78. The number of hydrogen-bond donors (Lipinski definition) is 0. The zero-order chi connectivity index (χ0) is 12.9. The summed E-state index contributed by atoms with van der Waals surface area (Å²) in [6.45, 7) is 14.4. The van der Waals surface area contributed by atoms with Crippen LogP contribution >= 0.6 is 0 Å². The first-order valence-electron chi connectivity index (χ1n) is 4.65. The molecule has 0 rings (SSSR count). The summed E-state index contributed by atoms with van der Waals surface area (Å²) in [6, 6.07) is 0. The minimum atomic E-state index is -0.0926. The second kappa shape index (κ2) is 25.7. The van der Waals surface area contributed by atoms with E-state index in [1.807, 2.05) is 6.92 Å². The third-order valence-electron chi connectivity index (χ3n) is 1.08. The van der Waals surface area contributed by atoms with Gasteiger partial charge in [0.25, 0.3) is 0 Å². The van der Waals surface area contributed by atoms with Crippen LogP contribution in [-0.4, -0.2) is 17.3 Å². The number of Topliss-reactive ketones (excluding diaryl/α,β-unsaturated/α-hetero) is 2. The fraction of sp³-hybridized carbons (Fsp3) is 0.500. The fourth-order valence-electron chi connectivity index (χ4n) is 0. The molecule has 0 aromatic rings. The number of carbonyl (C=O) groups excluding carboxylic acids is 3. The van der Waals surface area contributed by atoms with Crippen molar-refractivity contribution in [2.45, 2.75) is 40.5 Å². The van der Waals surface area contributed by atoms with Crippen molar-refractivity contribution in [3.63, 3.8) is 0 Å². The van der Waals surface area contributed by atoms with Crippen molar-refractivity contribution in [3.8, 4) is 0 Å². The summed E-state index contributed by atoms with van der Waals surface area (Å²) < 4.78 is 0. The van der Waals surface area contributed by atoms with Crippen LogP contribution in [0.4, 0.5) is 0 Å². The molecule has 0 atom stereocenters. The smallest absolute Gasteiger partial charge is 0.129 e. The Morgan fingerprint density at radius 2 is 1.24 bits per heavy atom. The molecule has 0 N–H and O–H groups in total. The molecule has 0 heterocycles. The Bertz CT molecular complexity index is 200. The van der Waals surface area contributed by atoms with Crippen LogP contribution in [0.15, 0.2) is 6.08 Å². The van der Waals surface area contributed by atoms with Crippen LogP contribution in [-0.2, 0) is 79.8 Å². The SMILES string of the molecule is CCC(C)=O.[CH-]=CC(C)=O.[CH2-]CC(C)=O.[Y].[Y]. The minimum absolute atomic E-state index is 0. The third kappa shape index (κ3) is 78.4. The Morgan fingerprint density at radius 1 is 1.06 bits per heavy atom. The van der Waals surface area contributed by atoms with Crippen molar-refractivity contribution >= 4 is 17.3 Å². The molecule has 2 radical (unpaired) electrons. The number of ketones is 3. The minimum Gasteiger partial charge on any atom is -0.407 e. The second-order valence-corrected chi connectivity index (χ2v) is 2.78. The first kappa shape index (κ1) is 30.8. The summed E-state index contributed by atoms with van der Waals surface area (Å²) in [5.41, 5.74) is 0. The summed E-state index contributed by atoms with van der Waals surface area (Å²) in [6.07, 6.45) is 2.11. The molecule has 0 aromatic carbocycles. The molecule has 5 heteroatoms. The first-order valence-corrected chi connectivity index (χ1v) is 4.65. The molecular weight excluding hydrogens is 370 g/mol. The molecular formula is C12H20O3Y2-2. The van der Waals surface area contributed by atoms with Crippen molar-refractivity contribution in [1.82, 2.24) is 0 Å². The molecule has 94 valence electrons. The summed E-state index contributed by atoms with van der Waals surface area (Å²) in [4.78, 5) is 29.2. The largest absolute Gasteiger partial charge is 0.407 e. The van der Waals surface area contributed by atoms with Gasteiger partial charge in [-0.3, -0.25) is 6.58 Å². The molecule has 3 nitrogen and oxygen atoms in total. The molecule has 0 fully saturated rings. The molecule has 0 aliphatic heterocycles. The van der Waals surface area contributed by atoms with Crippen LogP contribution in [0, 0.1) is 13.5 Å². The molecule has 0 amide bonds. The van der Waals surface area contributed by atoms with Crippen molar-refractivity contribution in [1.29, 1.82) is 0 Å². The molecule has 0 spiro atoms. The summed E-state index contributed by atoms with van der Waals surface area (Å²) in [5, 5.41) is 0. The van der Waals surface area contributed by atoms with Gasteiger partial charge < -0.3 is 21.3 Å². The van der Waals surface area contributed by atoms with Gasteiger partial charge in [-0.2, -0.15) is 0 Å². The van der Waals surface area contributed by atoms with Gasteiger partial charge in [0.15, 0.2) is 0 Å². The fourth-order valence-corrected chi connectivity index (χ4v) is 0. The average molecular weight is 390 g/mol. The van der Waals surface area contributed by atoms with Crippen LogP contribution in [0.1, 0.15) is 40.5 Å². The van der Waals surface area contributed by atoms with Crippen LogP contribution in [0.2, 0.25) is 0 Å². The van der Waals surface area contributed by atoms with Gasteiger partial charge >= 0.3 is 0 Å². The predicted molar refractivity (Wildman–Crippen MR) is 61.2 cm³/mol. The Hall–Kier alpha value is 0.958. The van der Waals surface area contributed by atoms with Gasteiger partial charge in [0.2, 0.25) is 0 Å². The molecule has 0 unspecified atom stereocenters. The molecule has 0 aliphatic carbocycles. The van der Waals surface area contributed by atoms with Crippen molar-refractivity contribution in [2.24, 2.45) is 0 Å². The third-order valence-corrected chi connectivity index (χ3v) is 1.08. The van der Waals surface area contributed by atoms with Crippen molar-refractivity contribution < 1.29 is 79.8 Å². The van der Waals surface area contributed by atoms with Gasteiger partial charge in [-0.15, -0.1) is 6.42 Å². The Kier molecular flexibility index (Phi) is 46.5. The maximum atomic E-state index is 9.81. The molecule has 0 aliphatic rings. The quantitative estimate of drug-likeness (QED) is 0.549. The zero-order valence-electron chi connectivity index (χ0n) is 11.2.